The van der Waals surface area contributed by atoms with Gasteiger partial charge >= 0.3 is 0 Å². The summed E-state index contributed by atoms with van der Waals surface area (Å²) in [6.45, 7) is 3.42. The number of rotatable bonds is 8. The lowest BCUT2D eigenvalue weighted by Crippen LogP contribution is -2.24. The second-order valence-electron chi connectivity index (χ2n) is 4.94. The summed E-state index contributed by atoms with van der Waals surface area (Å²) in [5, 5.41) is 5.97. The maximum Gasteiger partial charge on any atom is 0.270 e. The van der Waals surface area contributed by atoms with Gasteiger partial charge in [0.15, 0.2) is 0 Å². The number of pyridine rings is 1. The summed E-state index contributed by atoms with van der Waals surface area (Å²) in [6.07, 6.45) is 8.39. The number of carbonyl (C=O) groups is 1. The predicted octanol–water partition coefficient (Wildman–Crippen LogP) is 2.40. The number of amides is 1. The van der Waals surface area contributed by atoms with Crippen molar-refractivity contribution in [3.63, 3.8) is 0 Å². The maximum absolute atomic E-state index is 12.1. The molecule has 0 unspecified atom stereocenters. The summed E-state index contributed by atoms with van der Waals surface area (Å²) < 4.78 is 0. The zero-order valence-electron chi connectivity index (χ0n) is 12.7. The molecule has 0 bridgehead atoms. The average Bonchev–Trinajstić information content (AvgIpc) is 2.58. The number of nitrogens with zero attached hydrogens (tertiary/aromatic N) is 3. The largest absolute Gasteiger partial charge is 0.354 e. The predicted molar refractivity (Wildman–Crippen MR) is 85.5 cm³/mol. The van der Waals surface area contributed by atoms with E-state index in [-0.39, 0.29) is 5.91 Å². The van der Waals surface area contributed by atoms with Crippen LogP contribution in [0.4, 0.5) is 5.95 Å². The van der Waals surface area contributed by atoms with E-state index in [1.807, 2.05) is 12.1 Å². The Hall–Kier alpha value is -2.50. The lowest BCUT2D eigenvalue weighted by atomic mass is 10.2. The molecule has 0 atom stereocenters. The second-order valence-corrected chi connectivity index (χ2v) is 4.94. The van der Waals surface area contributed by atoms with E-state index >= 15 is 0 Å². The van der Waals surface area contributed by atoms with E-state index in [4.69, 9.17) is 0 Å². The van der Waals surface area contributed by atoms with Gasteiger partial charge in [-0.25, -0.2) is 9.97 Å². The minimum absolute atomic E-state index is 0.212. The first-order valence-electron chi connectivity index (χ1n) is 7.53. The summed E-state index contributed by atoms with van der Waals surface area (Å²) in [6, 6.07) is 5.33. The van der Waals surface area contributed by atoms with Gasteiger partial charge < -0.3 is 10.6 Å². The third-order valence-electron chi connectivity index (χ3n) is 3.15. The molecule has 0 spiro atoms. The molecule has 2 heterocycles. The van der Waals surface area contributed by atoms with Crippen LogP contribution >= 0.6 is 0 Å². The number of nitrogens with one attached hydrogen (secondary N) is 2. The molecule has 6 nitrogen and oxygen atoms in total. The van der Waals surface area contributed by atoms with E-state index in [1.54, 1.807) is 24.7 Å². The standard InChI is InChI=1S/C16H21N5O/c1-2-3-4-8-18-16-19-11-7-14(21-16)15(22)20-12-13-5-9-17-10-6-13/h5-7,9-11H,2-4,8,12H2,1H3,(H,20,22)(H,18,19,21). The molecule has 0 aliphatic carbocycles. The number of hydrogen-bond acceptors (Lipinski definition) is 5. The van der Waals surface area contributed by atoms with Gasteiger partial charge in [0.2, 0.25) is 5.95 Å². The smallest absolute Gasteiger partial charge is 0.270 e. The van der Waals surface area contributed by atoms with Gasteiger partial charge in [-0.1, -0.05) is 19.8 Å². The van der Waals surface area contributed by atoms with Crippen LogP contribution in [0.1, 0.15) is 42.2 Å². The molecular formula is C16H21N5O. The lowest BCUT2D eigenvalue weighted by Gasteiger charge is -2.07. The Kier molecular flexibility index (Phi) is 6.29. The summed E-state index contributed by atoms with van der Waals surface area (Å²) in [5.74, 6) is 0.281. The van der Waals surface area contributed by atoms with Crippen molar-refractivity contribution in [2.75, 3.05) is 11.9 Å². The molecule has 0 radical (unpaired) electrons. The van der Waals surface area contributed by atoms with Crippen LogP contribution in [0.15, 0.2) is 36.8 Å². The Morgan fingerprint density at radius 3 is 2.73 bits per heavy atom. The molecule has 22 heavy (non-hydrogen) atoms. The van der Waals surface area contributed by atoms with E-state index in [0.29, 0.717) is 18.2 Å². The van der Waals surface area contributed by atoms with Crippen LogP contribution in [0.25, 0.3) is 0 Å². The Balaban J connectivity index is 1.86. The number of hydrogen-bond donors (Lipinski definition) is 2. The van der Waals surface area contributed by atoms with E-state index in [0.717, 1.165) is 18.5 Å². The SMILES string of the molecule is CCCCCNc1nccc(C(=O)NCc2ccncc2)n1. The first-order valence-corrected chi connectivity index (χ1v) is 7.53. The van der Waals surface area contributed by atoms with Gasteiger partial charge in [-0.05, 0) is 30.2 Å². The molecule has 116 valence electrons. The first kappa shape index (κ1) is 15.9. The van der Waals surface area contributed by atoms with Gasteiger partial charge in [-0.2, -0.15) is 0 Å². The van der Waals surface area contributed by atoms with E-state index in [1.165, 1.54) is 12.8 Å². The summed E-state index contributed by atoms with van der Waals surface area (Å²) in [7, 11) is 0. The van der Waals surface area contributed by atoms with Crippen LogP contribution in [-0.2, 0) is 6.54 Å². The summed E-state index contributed by atoms with van der Waals surface area (Å²) >= 11 is 0. The third kappa shape index (κ3) is 5.12. The topological polar surface area (TPSA) is 79.8 Å². The van der Waals surface area contributed by atoms with E-state index in [2.05, 4.69) is 32.5 Å². The van der Waals surface area contributed by atoms with Crippen molar-refractivity contribution >= 4 is 11.9 Å². The van der Waals surface area contributed by atoms with Gasteiger partial charge in [0.05, 0.1) is 0 Å². The highest BCUT2D eigenvalue weighted by molar-refractivity contribution is 5.92. The molecule has 6 heteroatoms. The minimum Gasteiger partial charge on any atom is -0.354 e. The quantitative estimate of drug-likeness (QED) is 0.732. The van der Waals surface area contributed by atoms with Crippen molar-refractivity contribution in [2.45, 2.75) is 32.7 Å². The van der Waals surface area contributed by atoms with Crippen molar-refractivity contribution in [1.29, 1.82) is 0 Å². The molecule has 1 amide bonds. The highest BCUT2D eigenvalue weighted by atomic mass is 16.1. The Labute approximate surface area is 130 Å². The molecular weight excluding hydrogens is 278 g/mol. The fourth-order valence-electron chi connectivity index (χ4n) is 1.92. The zero-order valence-corrected chi connectivity index (χ0v) is 12.7. The first-order chi connectivity index (χ1) is 10.8. The number of aromatic nitrogens is 3. The lowest BCUT2D eigenvalue weighted by molar-refractivity contribution is 0.0946. The molecule has 0 fully saturated rings. The summed E-state index contributed by atoms with van der Waals surface area (Å²) in [4.78, 5) is 24.4. The van der Waals surface area contributed by atoms with Crippen molar-refractivity contribution in [3.05, 3.63) is 48.0 Å². The van der Waals surface area contributed by atoms with Crippen LogP contribution in [-0.4, -0.2) is 27.4 Å². The van der Waals surface area contributed by atoms with Crippen molar-refractivity contribution in [1.82, 2.24) is 20.3 Å². The second kappa shape index (κ2) is 8.71. The van der Waals surface area contributed by atoms with Crippen LogP contribution in [0.3, 0.4) is 0 Å². The number of unbranched alkanes of at least 4 members (excludes halogenated alkanes) is 2. The van der Waals surface area contributed by atoms with Crippen LogP contribution in [0, 0.1) is 0 Å². The Morgan fingerprint density at radius 2 is 1.95 bits per heavy atom. The monoisotopic (exact) mass is 299 g/mol. The highest BCUT2D eigenvalue weighted by Gasteiger charge is 2.08. The van der Waals surface area contributed by atoms with E-state index in [9.17, 15) is 4.79 Å². The van der Waals surface area contributed by atoms with Crippen LogP contribution < -0.4 is 10.6 Å². The van der Waals surface area contributed by atoms with E-state index < -0.39 is 0 Å². The fourth-order valence-corrected chi connectivity index (χ4v) is 1.92. The number of carbonyl (C=O) groups excluding carboxylic acids is 1. The van der Waals surface area contributed by atoms with Crippen molar-refractivity contribution in [2.24, 2.45) is 0 Å². The van der Waals surface area contributed by atoms with Crippen molar-refractivity contribution in [3.8, 4) is 0 Å². The average molecular weight is 299 g/mol. The summed E-state index contributed by atoms with van der Waals surface area (Å²) in [5.41, 5.74) is 1.36. The maximum atomic E-state index is 12.1. The highest BCUT2D eigenvalue weighted by Crippen LogP contribution is 2.03. The fraction of sp³-hybridized carbons (Fsp3) is 0.375. The third-order valence-corrected chi connectivity index (χ3v) is 3.15. The van der Waals surface area contributed by atoms with Gasteiger partial charge in [0, 0.05) is 31.7 Å². The molecule has 2 N–H and O–H groups in total. The molecule has 2 aromatic rings. The molecule has 0 saturated heterocycles. The zero-order chi connectivity index (χ0) is 15.6. The Bertz CT molecular complexity index is 588. The molecule has 2 rings (SSSR count). The number of anilines is 1. The molecule has 2 aromatic heterocycles. The molecule has 0 saturated carbocycles. The van der Waals surface area contributed by atoms with Gasteiger partial charge in [0.25, 0.3) is 5.91 Å². The van der Waals surface area contributed by atoms with Gasteiger partial charge in [0.1, 0.15) is 5.69 Å². The van der Waals surface area contributed by atoms with Crippen LogP contribution in [0.2, 0.25) is 0 Å². The normalized spacial score (nSPS) is 10.2. The minimum atomic E-state index is -0.212. The van der Waals surface area contributed by atoms with Crippen LogP contribution in [0.5, 0.6) is 0 Å². The van der Waals surface area contributed by atoms with Gasteiger partial charge in [-0.15, -0.1) is 0 Å². The molecule has 0 aliphatic rings. The molecule has 0 aliphatic heterocycles. The van der Waals surface area contributed by atoms with Crippen molar-refractivity contribution < 1.29 is 4.79 Å². The van der Waals surface area contributed by atoms with Gasteiger partial charge in [-0.3, -0.25) is 9.78 Å². The molecule has 0 aromatic carbocycles. The Morgan fingerprint density at radius 1 is 1.14 bits per heavy atom.